The Bertz CT molecular complexity index is 1350. The van der Waals surface area contributed by atoms with E-state index in [1.807, 2.05) is 37.3 Å². The molecule has 0 unspecified atom stereocenters. The number of nitrogens with one attached hydrogen (secondary N) is 1. The number of aliphatic hydroxyl groups is 1. The molecule has 2 N–H and O–H groups in total. The topological polar surface area (TPSA) is 113 Å². The van der Waals surface area contributed by atoms with Gasteiger partial charge in [-0.15, -0.1) is 0 Å². The molecule has 1 aromatic heterocycles. The van der Waals surface area contributed by atoms with Crippen LogP contribution >= 0.6 is 0 Å². The van der Waals surface area contributed by atoms with Crippen molar-refractivity contribution in [2.45, 2.75) is 26.0 Å². The molecule has 0 saturated carbocycles. The van der Waals surface area contributed by atoms with Gasteiger partial charge in [-0.3, -0.25) is 4.79 Å². The zero-order valence-electron chi connectivity index (χ0n) is 22.2. The molecule has 0 bridgehead atoms. The number of amides is 3. The van der Waals surface area contributed by atoms with Crippen LogP contribution in [0, 0.1) is 5.92 Å². The smallest absolute Gasteiger partial charge is 0.321 e. The molecular weight excluding hydrogens is 500 g/mol. The van der Waals surface area contributed by atoms with Crippen LogP contribution in [0.25, 0.3) is 11.1 Å². The predicted octanol–water partition coefficient (Wildman–Crippen LogP) is 3.86. The Labute approximate surface area is 227 Å². The third-order valence-electron chi connectivity index (χ3n) is 7.05. The second kappa shape index (κ2) is 11.2. The number of carbonyl (C=O) groups excluding carboxylic acids is 2. The number of hydrogen-bond donors (Lipinski definition) is 2. The number of anilines is 1. The number of benzene rings is 2. The van der Waals surface area contributed by atoms with Crippen molar-refractivity contribution >= 4 is 17.6 Å². The minimum atomic E-state index is -0.465. The number of aromatic nitrogens is 1. The average Bonchev–Trinajstić information content (AvgIpc) is 3.42. The molecule has 3 amide bonds. The maximum atomic E-state index is 13.6. The highest BCUT2D eigenvalue weighted by atomic mass is 16.7. The highest BCUT2D eigenvalue weighted by Gasteiger charge is 2.35. The minimum absolute atomic E-state index is 0.153. The molecule has 3 aromatic rings. The van der Waals surface area contributed by atoms with E-state index >= 15 is 0 Å². The van der Waals surface area contributed by atoms with E-state index in [9.17, 15) is 14.7 Å². The van der Waals surface area contributed by atoms with E-state index < -0.39 is 12.1 Å². The number of fused-ring (bicyclic) bond motifs is 2. The molecule has 10 heteroatoms. The Hall–Kier alpha value is -4.31. The first-order valence-corrected chi connectivity index (χ1v) is 12.9. The van der Waals surface area contributed by atoms with Gasteiger partial charge in [-0.05, 0) is 30.7 Å². The lowest BCUT2D eigenvalue weighted by Gasteiger charge is -2.37. The molecule has 2 aliphatic heterocycles. The van der Waals surface area contributed by atoms with E-state index in [4.69, 9.17) is 14.2 Å². The van der Waals surface area contributed by atoms with Crippen LogP contribution in [0.15, 0.2) is 60.8 Å². The molecule has 10 nitrogen and oxygen atoms in total. The van der Waals surface area contributed by atoms with Gasteiger partial charge in [-0.2, -0.15) is 0 Å². The largest absolute Gasteiger partial charge is 0.472 e. The molecular formula is C29H32N4O6. The Balaban J connectivity index is 1.38. The van der Waals surface area contributed by atoms with Crippen molar-refractivity contribution in [2.75, 3.05) is 38.9 Å². The van der Waals surface area contributed by atoms with Gasteiger partial charge in [0.15, 0.2) is 11.5 Å². The number of urea groups is 1. The van der Waals surface area contributed by atoms with Gasteiger partial charge in [0.2, 0.25) is 12.7 Å². The minimum Gasteiger partial charge on any atom is -0.472 e. The summed E-state index contributed by atoms with van der Waals surface area (Å²) in [5.41, 5.74) is 2.61. The van der Waals surface area contributed by atoms with Gasteiger partial charge >= 0.3 is 6.03 Å². The number of nitrogens with zero attached hydrogens (tertiary/aromatic N) is 3. The zero-order chi connectivity index (χ0) is 27.5. The van der Waals surface area contributed by atoms with Crippen LogP contribution in [0.3, 0.4) is 0 Å². The summed E-state index contributed by atoms with van der Waals surface area (Å²) >= 11 is 0. The molecule has 5 rings (SSSR count). The summed E-state index contributed by atoms with van der Waals surface area (Å²) in [6.07, 6.45) is 1.22. The average molecular weight is 533 g/mol. The fraction of sp³-hybridized carbons (Fsp3) is 0.345. The summed E-state index contributed by atoms with van der Waals surface area (Å²) in [5, 5.41) is 12.8. The van der Waals surface area contributed by atoms with E-state index in [0.29, 0.717) is 29.3 Å². The second-order valence-corrected chi connectivity index (χ2v) is 9.94. The van der Waals surface area contributed by atoms with Crippen molar-refractivity contribution in [2.24, 2.45) is 5.92 Å². The molecule has 0 spiro atoms. The number of ether oxygens (including phenoxy) is 3. The Morgan fingerprint density at radius 2 is 1.92 bits per heavy atom. The highest BCUT2D eigenvalue weighted by molar-refractivity contribution is 5.98. The number of aliphatic hydroxyl groups excluding tert-OH is 1. The maximum absolute atomic E-state index is 13.6. The van der Waals surface area contributed by atoms with Crippen LogP contribution in [-0.2, 0) is 0 Å². The van der Waals surface area contributed by atoms with Crippen molar-refractivity contribution < 1.29 is 28.9 Å². The summed E-state index contributed by atoms with van der Waals surface area (Å²) in [7, 11) is 1.68. The Kier molecular flexibility index (Phi) is 7.56. The third kappa shape index (κ3) is 5.61. The quantitative estimate of drug-likeness (QED) is 0.496. The van der Waals surface area contributed by atoms with Crippen molar-refractivity contribution in [3.8, 4) is 28.5 Å². The van der Waals surface area contributed by atoms with E-state index in [1.165, 1.54) is 4.90 Å². The summed E-state index contributed by atoms with van der Waals surface area (Å²) in [6, 6.07) is 15.9. The Morgan fingerprint density at radius 1 is 1.15 bits per heavy atom. The van der Waals surface area contributed by atoms with Crippen LogP contribution in [0.1, 0.15) is 24.2 Å². The lowest BCUT2D eigenvalue weighted by Crippen LogP contribution is -2.50. The molecule has 0 aliphatic carbocycles. The van der Waals surface area contributed by atoms with Crippen LogP contribution in [-0.4, -0.2) is 77.5 Å². The summed E-state index contributed by atoms with van der Waals surface area (Å²) in [4.78, 5) is 34.4. The molecule has 0 saturated heterocycles. The lowest BCUT2D eigenvalue weighted by molar-refractivity contribution is 0.0356. The van der Waals surface area contributed by atoms with Gasteiger partial charge in [0.05, 0.1) is 19.2 Å². The Morgan fingerprint density at radius 3 is 2.69 bits per heavy atom. The third-order valence-corrected chi connectivity index (χ3v) is 7.05. The first-order valence-electron chi connectivity index (χ1n) is 12.9. The molecule has 0 radical (unpaired) electrons. The fourth-order valence-electron chi connectivity index (χ4n) is 4.65. The van der Waals surface area contributed by atoms with Gasteiger partial charge in [-0.1, -0.05) is 37.3 Å². The van der Waals surface area contributed by atoms with E-state index in [-0.39, 0.29) is 43.7 Å². The number of carbonyl (C=O) groups is 2. The lowest BCUT2D eigenvalue weighted by atomic mass is 9.99. The molecule has 3 atom stereocenters. The first-order chi connectivity index (χ1) is 18.8. The van der Waals surface area contributed by atoms with Crippen LogP contribution in [0.2, 0.25) is 0 Å². The number of pyridine rings is 1. The van der Waals surface area contributed by atoms with Crippen LogP contribution < -0.4 is 19.5 Å². The maximum Gasteiger partial charge on any atom is 0.321 e. The van der Waals surface area contributed by atoms with E-state index in [0.717, 1.165) is 11.1 Å². The first kappa shape index (κ1) is 26.3. The summed E-state index contributed by atoms with van der Waals surface area (Å²) < 4.78 is 17.1. The van der Waals surface area contributed by atoms with Crippen LogP contribution in [0.5, 0.6) is 17.4 Å². The van der Waals surface area contributed by atoms with E-state index in [1.54, 1.807) is 49.3 Å². The molecule has 0 fully saturated rings. The molecule has 2 aromatic carbocycles. The molecule has 39 heavy (non-hydrogen) atoms. The summed E-state index contributed by atoms with van der Waals surface area (Å²) in [6.45, 7) is 4.33. The monoisotopic (exact) mass is 532 g/mol. The molecule has 2 aliphatic rings. The van der Waals surface area contributed by atoms with Gasteiger partial charge in [0.25, 0.3) is 5.91 Å². The van der Waals surface area contributed by atoms with Crippen LogP contribution in [0.4, 0.5) is 10.5 Å². The normalized spacial score (nSPS) is 18.9. The molecule has 204 valence electrons. The van der Waals surface area contributed by atoms with Gasteiger partial charge < -0.3 is 34.4 Å². The number of likely N-dealkylation sites (N-methyl/N-ethyl adjacent to an activating group) is 1. The summed E-state index contributed by atoms with van der Waals surface area (Å²) in [5.74, 6) is 1.00. The zero-order valence-corrected chi connectivity index (χ0v) is 22.2. The van der Waals surface area contributed by atoms with Gasteiger partial charge in [0, 0.05) is 43.0 Å². The molecule has 3 heterocycles. The second-order valence-electron chi connectivity index (χ2n) is 9.94. The van der Waals surface area contributed by atoms with E-state index in [2.05, 4.69) is 10.3 Å². The van der Waals surface area contributed by atoms with Crippen molar-refractivity contribution in [1.29, 1.82) is 0 Å². The SMILES string of the molecule is C[C@@H]1CN([C@H](C)CO)C(=O)c2cc(-c3ccccc3)cnc2O[C@H]1CN(C)C(=O)Nc1ccc2c(c1)OCO2. The fourth-order valence-corrected chi connectivity index (χ4v) is 4.65. The number of hydrogen-bond acceptors (Lipinski definition) is 7. The van der Waals surface area contributed by atoms with Gasteiger partial charge in [0.1, 0.15) is 11.7 Å². The van der Waals surface area contributed by atoms with Gasteiger partial charge in [-0.25, -0.2) is 9.78 Å². The number of rotatable bonds is 6. The predicted molar refractivity (Wildman–Crippen MR) is 145 cm³/mol. The van der Waals surface area contributed by atoms with Crippen molar-refractivity contribution in [3.63, 3.8) is 0 Å². The standard InChI is InChI=1S/C29H32N4O6/c1-18-14-33(19(2)16-34)28(35)23-11-21(20-7-5-4-6-8-20)13-30-27(23)39-26(18)15-32(3)29(36)31-22-9-10-24-25(12-22)38-17-37-24/h4-13,18-19,26,34H,14-17H2,1-3H3,(H,31,36)/t18-,19-,26+/m1/s1. The van der Waals surface area contributed by atoms with Crippen molar-refractivity contribution in [3.05, 3.63) is 66.4 Å². The highest BCUT2D eigenvalue weighted by Crippen LogP contribution is 2.34. The van der Waals surface area contributed by atoms with Crippen molar-refractivity contribution in [1.82, 2.24) is 14.8 Å².